The minimum atomic E-state index is -0.389. The Morgan fingerprint density at radius 3 is 2.59 bits per heavy atom. The van der Waals surface area contributed by atoms with Crippen LogP contribution in [0.15, 0.2) is 30.3 Å². The SMILES string of the molecule is CN1C(=O)c2ccc(C(=O)NCc3ccc(Cl)s3)cc2C1=O. The molecule has 0 atom stereocenters. The van der Waals surface area contributed by atoms with Gasteiger partial charge in [0.25, 0.3) is 17.7 Å². The third-order valence-electron chi connectivity index (χ3n) is 3.40. The van der Waals surface area contributed by atoms with Crippen molar-refractivity contribution in [3.05, 3.63) is 56.2 Å². The van der Waals surface area contributed by atoms with Gasteiger partial charge in [0, 0.05) is 17.5 Å². The lowest BCUT2D eigenvalue weighted by molar-refractivity contribution is 0.0693. The molecule has 0 saturated carbocycles. The molecule has 7 heteroatoms. The number of thiophene rings is 1. The summed E-state index contributed by atoms with van der Waals surface area (Å²) in [5.74, 6) is -1.04. The Morgan fingerprint density at radius 2 is 1.91 bits per heavy atom. The molecule has 0 fully saturated rings. The van der Waals surface area contributed by atoms with E-state index in [0.717, 1.165) is 9.78 Å². The van der Waals surface area contributed by atoms with Crippen molar-refractivity contribution in [1.82, 2.24) is 10.2 Å². The van der Waals surface area contributed by atoms with E-state index in [1.165, 1.54) is 30.5 Å². The van der Waals surface area contributed by atoms with E-state index in [0.29, 0.717) is 22.0 Å². The highest BCUT2D eigenvalue weighted by Gasteiger charge is 2.33. The van der Waals surface area contributed by atoms with Gasteiger partial charge in [-0.25, -0.2) is 0 Å². The van der Waals surface area contributed by atoms with E-state index in [2.05, 4.69) is 5.32 Å². The predicted octanol–water partition coefficient (Wildman–Crippen LogP) is 2.56. The zero-order valence-electron chi connectivity index (χ0n) is 11.6. The van der Waals surface area contributed by atoms with E-state index in [4.69, 9.17) is 11.6 Å². The largest absolute Gasteiger partial charge is 0.347 e. The van der Waals surface area contributed by atoms with Gasteiger partial charge >= 0.3 is 0 Å². The Kier molecular flexibility index (Phi) is 3.72. The lowest BCUT2D eigenvalue weighted by atomic mass is 10.1. The molecule has 0 bridgehead atoms. The van der Waals surface area contributed by atoms with Crippen molar-refractivity contribution >= 4 is 40.7 Å². The first-order valence-corrected chi connectivity index (χ1v) is 7.65. The maximum atomic E-state index is 12.1. The summed E-state index contributed by atoms with van der Waals surface area (Å²) in [7, 11) is 1.42. The first-order chi connectivity index (χ1) is 10.5. The summed E-state index contributed by atoms with van der Waals surface area (Å²) in [6, 6.07) is 8.11. The highest BCUT2D eigenvalue weighted by atomic mass is 35.5. The van der Waals surface area contributed by atoms with Gasteiger partial charge in [0.05, 0.1) is 22.0 Å². The van der Waals surface area contributed by atoms with Crippen LogP contribution in [0.4, 0.5) is 0 Å². The van der Waals surface area contributed by atoms with Crippen LogP contribution >= 0.6 is 22.9 Å². The van der Waals surface area contributed by atoms with Gasteiger partial charge in [0.15, 0.2) is 0 Å². The van der Waals surface area contributed by atoms with Gasteiger partial charge < -0.3 is 5.32 Å². The van der Waals surface area contributed by atoms with Crippen molar-refractivity contribution < 1.29 is 14.4 Å². The number of carbonyl (C=O) groups is 3. The molecule has 0 aliphatic carbocycles. The Morgan fingerprint density at radius 1 is 1.18 bits per heavy atom. The summed E-state index contributed by atoms with van der Waals surface area (Å²) in [5.41, 5.74) is 0.936. The summed E-state index contributed by atoms with van der Waals surface area (Å²) >= 11 is 7.22. The highest BCUT2D eigenvalue weighted by molar-refractivity contribution is 7.16. The van der Waals surface area contributed by atoms with Gasteiger partial charge in [-0.15, -0.1) is 11.3 Å². The van der Waals surface area contributed by atoms with Gasteiger partial charge in [0.2, 0.25) is 0 Å². The average Bonchev–Trinajstić information content (AvgIpc) is 3.03. The Labute approximate surface area is 135 Å². The molecule has 3 amide bonds. The van der Waals surface area contributed by atoms with Gasteiger partial charge in [0.1, 0.15) is 0 Å². The summed E-state index contributed by atoms with van der Waals surface area (Å²) in [5, 5.41) is 2.76. The van der Waals surface area contributed by atoms with E-state index < -0.39 is 0 Å². The van der Waals surface area contributed by atoms with E-state index in [9.17, 15) is 14.4 Å². The van der Waals surface area contributed by atoms with Crippen LogP contribution < -0.4 is 5.32 Å². The quantitative estimate of drug-likeness (QED) is 0.877. The van der Waals surface area contributed by atoms with E-state index in [1.807, 2.05) is 6.07 Å². The molecule has 2 aromatic rings. The van der Waals surface area contributed by atoms with Crippen molar-refractivity contribution in [3.8, 4) is 0 Å². The molecule has 0 unspecified atom stereocenters. The fourth-order valence-corrected chi connectivity index (χ4v) is 3.25. The molecular formula is C15H11ClN2O3S. The first kappa shape index (κ1) is 14.7. The molecular weight excluding hydrogens is 324 g/mol. The van der Waals surface area contributed by atoms with Crippen molar-refractivity contribution in [1.29, 1.82) is 0 Å². The van der Waals surface area contributed by atoms with Crippen LogP contribution in [0.1, 0.15) is 36.0 Å². The van der Waals surface area contributed by atoms with Crippen LogP contribution in [-0.4, -0.2) is 29.7 Å². The molecule has 22 heavy (non-hydrogen) atoms. The zero-order chi connectivity index (χ0) is 15.9. The number of rotatable bonds is 3. The Balaban J connectivity index is 1.77. The maximum absolute atomic E-state index is 12.1. The van der Waals surface area contributed by atoms with Gasteiger partial charge in [-0.05, 0) is 30.3 Å². The number of nitrogens with one attached hydrogen (secondary N) is 1. The van der Waals surface area contributed by atoms with Crippen molar-refractivity contribution in [3.63, 3.8) is 0 Å². The van der Waals surface area contributed by atoms with Crippen molar-refractivity contribution in [2.24, 2.45) is 0 Å². The van der Waals surface area contributed by atoms with Crippen LogP contribution in [0.3, 0.4) is 0 Å². The number of benzene rings is 1. The number of imide groups is 1. The second kappa shape index (κ2) is 5.55. The van der Waals surface area contributed by atoms with E-state index >= 15 is 0 Å². The predicted molar refractivity (Wildman–Crippen MR) is 83.4 cm³/mol. The third-order valence-corrected chi connectivity index (χ3v) is 4.64. The third kappa shape index (κ3) is 2.51. The standard InChI is InChI=1S/C15H11ClN2O3S/c1-18-14(20)10-4-2-8(6-11(10)15(18)21)13(19)17-7-9-3-5-12(16)22-9/h2-6H,7H2,1H3,(H,17,19). The Hall–Kier alpha value is -2.18. The molecule has 3 rings (SSSR count). The molecule has 0 spiro atoms. The molecule has 2 heterocycles. The topological polar surface area (TPSA) is 66.5 Å². The molecule has 1 aromatic heterocycles. The molecule has 0 saturated heterocycles. The van der Waals surface area contributed by atoms with Crippen LogP contribution in [0, 0.1) is 0 Å². The lowest BCUT2D eigenvalue weighted by Gasteiger charge is -2.05. The number of hydrogen-bond donors (Lipinski definition) is 1. The van der Waals surface area contributed by atoms with Crippen LogP contribution in [0.25, 0.3) is 0 Å². The first-order valence-electron chi connectivity index (χ1n) is 6.46. The monoisotopic (exact) mass is 334 g/mol. The number of halogens is 1. The lowest BCUT2D eigenvalue weighted by Crippen LogP contribution is -2.24. The fraction of sp³-hybridized carbons (Fsp3) is 0.133. The van der Waals surface area contributed by atoms with Crippen LogP contribution in [-0.2, 0) is 6.54 Å². The number of fused-ring (bicyclic) bond motifs is 1. The van der Waals surface area contributed by atoms with Gasteiger partial charge in [-0.3, -0.25) is 19.3 Å². The molecule has 1 N–H and O–H groups in total. The van der Waals surface area contributed by atoms with Crippen LogP contribution in [0.5, 0.6) is 0 Å². The highest BCUT2D eigenvalue weighted by Crippen LogP contribution is 2.23. The molecule has 1 aliphatic rings. The molecule has 0 radical (unpaired) electrons. The van der Waals surface area contributed by atoms with Gasteiger partial charge in [-0.2, -0.15) is 0 Å². The minimum absolute atomic E-state index is 0.263. The molecule has 5 nitrogen and oxygen atoms in total. The number of nitrogens with zero attached hydrogens (tertiary/aromatic N) is 1. The Bertz CT molecular complexity index is 800. The van der Waals surface area contributed by atoms with E-state index in [-0.39, 0.29) is 23.3 Å². The second-order valence-corrected chi connectivity index (χ2v) is 6.62. The average molecular weight is 335 g/mol. The normalized spacial score (nSPS) is 13.5. The smallest absolute Gasteiger partial charge is 0.261 e. The molecule has 112 valence electrons. The maximum Gasteiger partial charge on any atom is 0.261 e. The van der Waals surface area contributed by atoms with Crippen molar-refractivity contribution in [2.75, 3.05) is 7.05 Å². The van der Waals surface area contributed by atoms with Gasteiger partial charge in [-0.1, -0.05) is 11.6 Å². The van der Waals surface area contributed by atoms with Crippen LogP contribution in [0.2, 0.25) is 4.34 Å². The second-order valence-electron chi connectivity index (χ2n) is 4.82. The molecule has 1 aliphatic heterocycles. The summed E-state index contributed by atoms with van der Waals surface area (Å²) in [6.45, 7) is 0.361. The van der Waals surface area contributed by atoms with Crippen molar-refractivity contribution in [2.45, 2.75) is 6.54 Å². The molecule has 1 aromatic carbocycles. The number of amides is 3. The number of hydrogen-bond acceptors (Lipinski definition) is 4. The minimum Gasteiger partial charge on any atom is -0.347 e. The summed E-state index contributed by atoms with van der Waals surface area (Å²) in [6.07, 6.45) is 0. The zero-order valence-corrected chi connectivity index (χ0v) is 13.1. The number of carbonyl (C=O) groups excluding carboxylic acids is 3. The van der Waals surface area contributed by atoms with E-state index in [1.54, 1.807) is 12.1 Å². The summed E-state index contributed by atoms with van der Waals surface area (Å²) in [4.78, 5) is 37.8. The fourth-order valence-electron chi connectivity index (χ4n) is 2.22. The summed E-state index contributed by atoms with van der Waals surface area (Å²) < 4.78 is 0.661.